The van der Waals surface area contributed by atoms with E-state index in [-0.39, 0.29) is 36.0 Å². The number of aromatic nitrogens is 2. The maximum atomic E-state index is 13.9. The minimum atomic E-state index is -3.38. The van der Waals surface area contributed by atoms with Crippen molar-refractivity contribution < 1.29 is 17.6 Å². The highest BCUT2D eigenvalue weighted by atomic mass is 32.2. The van der Waals surface area contributed by atoms with Gasteiger partial charge in [-0.25, -0.2) is 17.8 Å². The molecule has 2 aliphatic heterocycles. The van der Waals surface area contributed by atoms with Gasteiger partial charge in [-0.1, -0.05) is 12.1 Å². The van der Waals surface area contributed by atoms with E-state index >= 15 is 0 Å². The molecular weight excluding hydrogens is 399 g/mol. The first-order chi connectivity index (χ1) is 13.7. The van der Waals surface area contributed by atoms with Crippen molar-refractivity contribution in [2.45, 2.75) is 25.3 Å². The summed E-state index contributed by atoms with van der Waals surface area (Å²) in [6.45, 7) is 1.08. The van der Waals surface area contributed by atoms with Crippen LogP contribution in [0.4, 0.5) is 4.39 Å². The summed E-state index contributed by atoms with van der Waals surface area (Å²) in [5.74, 6) is -0.603. The van der Waals surface area contributed by atoms with Crippen molar-refractivity contribution >= 4 is 15.9 Å². The number of fused-ring (bicyclic) bond motifs is 1. The second-order valence-corrected chi connectivity index (χ2v) is 9.42. The van der Waals surface area contributed by atoms with Crippen LogP contribution in [0.25, 0.3) is 0 Å². The number of H-pyrrole nitrogens is 1. The van der Waals surface area contributed by atoms with Gasteiger partial charge in [0.05, 0.1) is 23.1 Å². The molecule has 1 fully saturated rings. The van der Waals surface area contributed by atoms with Gasteiger partial charge < -0.3 is 9.88 Å². The molecule has 1 aromatic carbocycles. The Labute approximate surface area is 167 Å². The molecule has 154 valence electrons. The number of carbonyl (C=O) groups excluding carboxylic acids is 1. The van der Waals surface area contributed by atoms with Crippen molar-refractivity contribution in [2.75, 3.05) is 25.9 Å². The van der Waals surface area contributed by atoms with Gasteiger partial charge in [0, 0.05) is 38.5 Å². The lowest BCUT2D eigenvalue weighted by molar-refractivity contribution is 0.0786. The Bertz CT molecular complexity index is 1130. The first-order valence-corrected chi connectivity index (χ1v) is 11.2. The van der Waals surface area contributed by atoms with Crippen molar-refractivity contribution in [3.63, 3.8) is 0 Å². The van der Waals surface area contributed by atoms with Gasteiger partial charge in [-0.15, -0.1) is 0 Å². The van der Waals surface area contributed by atoms with Gasteiger partial charge in [-0.3, -0.25) is 9.59 Å². The molecule has 0 spiro atoms. The van der Waals surface area contributed by atoms with Crippen LogP contribution in [0, 0.1) is 5.82 Å². The van der Waals surface area contributed by atoms with Gasteiger partial charge in [-0.2, -0.15) is 4.31 Å². The van der Waals surface area contributed by atoms with E-state index < -0.39 is 15.8 Å². The smallest absolute Gasteiger partial charge is 0.256 e. The third-order valence-corrected chi connectivity index (χ3v) is 6.74. The van der Waals surface area contributed by atoms with Crippen LogP contribution in [0.15, 0.2) is 29.1 Å². The van der Waals surface area contributed by atoms with Gasteiger partial charge in [-0.05, 0) is 18.6 Å². The number of carbonyl (C=O) groups is 1. The zero-order valence-corrected chi connectivity index (χ0v) is 16.7. The van der Waals surface area contributed by atoms with E-state index in [9.17, 15) is 22.4 Å². The second-order valence-electron chi connectivity index (χ2n) is 7.44. The van der Waals surface area contributed by atoms with Crippen LogP contribution in [0.1, 0.15) is 39.8 Å². The van der Waals surface area contributed by atoms with Gasteiger partial charge in [0.1, 0.15) is 11.6 Å². The summed E-state index contributed by atoms with van der Waals surface area (Å²) in [5, 5.41) is 0. The number of halogens is 1. The van der Waals surface area contributed by atoms with E-state index in [1.807, 2.05) is 0 Å². The van der Waals surface area contributed by atoms with E-state index in [4.69, 9.17) is 0 Å². The van der Waals surface area contributed by atoms with Crippen LogP contribution >= 0.6 is 0 Å². The maximum absolute atomic E-state index is 13.9. The van der Waals surface area contributed by atoms with Crippen molar-refractivity contribution in [1.29, 1.82) is 0 Å². The van der Waals surface area contributed by atoms with Crippen LogP contribution in [0.5, 0.6) is 0 Å². The molecule has 4 rings (SSSR count). The highest BCUT2D eigenvalue weighted by Gasteiger charge is 2.32. The first-order valence-electron chi connectivity index (χ1n) is 9.35. The summed E-state index contributed by atoms with van der Waals surface area (Å²) < 4.78 is 38.7. The van der Waals surface area contributed by atoms with Crippen molar-refractivity contribution in [3.8, 4) is 0 Å². The lowest BCUT2D eigenvalue weighted by Gasteiger charge is -2.26. The molecule has 1 amide bonds. The molecule has 0 unspecified atom stereocenters. The molecule has 8 nitrogen and oxygen atoms in total. The summed E-state index contributed by atoms with van der Waals surface area (Å²) in [7, 11) is -3.38. The van der Waals surface area contributed by atoms with Crippen LogP contribution in [0.2, 0.25) is 0 Å². The molecule has 29 heavy (non-hydrogen) atoms. The van der Waals surface area contributed by atoms with E-state index in [0.717, 1.165) is 6.26 Å². The molecule has 10 heteroatoms. The first kappa shape index (κ1) is 19.7. The van der Waals surface area contributed by atoms with Gasteiger partial charge in [0.15, 0.2) is 0 Å². The summed E-state index contributed by atoms with van der Waals surface area (Å²) >= 11 is 0. The van der Waals surface area contributed by atoms with Crippen molar-refractivity contribution in [2.24, 2.45) is 0 Å². The minimum Gasteiger partial charge on any atom is -0.338 e. The number of likely N-dealkylation sites (tertiary alicyclic amines) is 1. The van der Waals surface area contributed by atoms with Crippen molar-refractivity contribution in [1.82, 2.24) is 19.2 Å². The van der Waals surface area contributed by atoms with E-state index in [0.29, 0.717) is 43.0 Å². The molecule has 0 aliphatic carbocycles. The molecule has 2 aliphatic rings. The highest BCUT2D eigenvalue weighted by Crippen LogP contribution is 2.27. The third-order valence-electron chi connectivity index (χ3n) is 5.49. The quantitative estimate of drug-likeness (QED) is 0.793. The normalized spacial score (nSPS) is 19.9. The SMILES string of the molecule is CS(=O)(=O)N1CCc2nc([C@H]3CCN(C(=O)c4ccccc4F)C3)[nH]c(=O)c2C1. The number of benzene rings is 1. The molecule has 1 N–H and O–H groups in total. The average Bonchev–Trinajstić information content (AvgIpc) is 3.17. The largest absolute Gasteiger partial charge is 0.338 e. The number of hydrogen-bond acceptors (Lipinski definition) is 5. The molecular formula is C19H21FN4O4S. The summed E-state index contributed by atoms with van der Waals surface area (Å²) in [6.07, 6.45) is 2.09. The number of rotatable bonds is 3. The molecule has 1 aromatic heterocycles. The molecule has 0 saturated carbocycles. The van der Waals surface area contributed by atoms with Gasteiger partial charge in [0.2, 0.25) is 10.0 Å². The highest BCUT2D eigenvalue weighted by molar-refractivity contribution is 7.88. The monoisotopic (exact) mass is 420 g/mol. The maximum Gasteiger partial charge on any atom is 0.256 e. The Morgan fingerprint density at radius 3 is 2.76 bits per heavy atom. The lowest BCUT2D eigenvalue weighted by atomic mass is 10.1. The van der Waals surface area contributed by atoms with Crippen LogP contribution < -0.4 is 5.56 Å². The standard InChI is InChI=1S/C19H21FN4O4S/c1-29(27,28)24-9-7-16-14(11-24)18(25)22-17(21-16)12-6-8-23(10-12)19(26)13-4-2-3-5-15(13)20/h2-5,12H,6-11H2,1H3,(H,21,22,25)/t12-/m0/s1. The van der Waals surface area contributed by atoms with E-state index in [2.05, 4.69) is 9.97 Å². The molecule has 1 atom stereocenters. The fourth-order valence-electron chi connectivity index (χ4n) is 3.87. The van der Waals surface area contributed by atoms with Gasteiger partial charge in [0.25, 0.3) is 11.5 Å². The number of hydrogen-bond donors (Lipinski definition) is 1. The molecule has 3 heterocycles. The molecule has 1 saturated heterocycles. The van der Waals surface area contributed by atoms with Crippen molar-refractivity contribution in [3.05, 3.63) is 63.1 Å². The zero-order chi connectivity index (χ0) is 20.8. The minimum absolute atomic E-state index is 0.0132. The number of amides is 1. The number of aromatic amines is 1. The second kappa shape index (κ2) is 7.34. The fourth-order valence-corrected chi connectivity index (χ4v) is 4.66. The Hall–Kier alpha value is -2.59. The summed E-state index contributed by atoms with van der Waals surface area (Å²) in [4.78, 5) is 34.0. The van der Waals surface area contributed by atoms with Crippen LogP contribution in [-0.4, -0.2) is 59.4 Å². The Kier molecular flexibility index (Phi) is 4.99. The third kappa shape index (κ3) is 3.82. The predicted octanol–water partition coefficient (Wildman–Crippen LogP) is 0.856. The Balaban J connectivity index is 1.54. The molecule has 0 bridgehead atoms. The Morgan fingerprint density at radius 1 is 1.28 bits per heavy atom. The average molecular weight is 420 g/mol. The van der Waals surface area contributed by atoms with Crippen LogP contribution in [0.3, 0.4) is 0 Å². The summed E-state index contributed by atoms with van der Waals surface area (Å²) in [6, 6.07) is 5.86. The molecule has 2 aromatic rings. The van der Waals surface area contributed by atoms with Crippen LogP contribution in [-0.2, 0) is 23.0 Å². The number of sulfonamides is 1. The predicted molar refractivity (Wildman–Crippen MR) is 103 cm³/mol. The fraction of sp³-hybridized carbons (Fsp3) is 0.421. The number of nitrogens with one attached hydrogen (secondary N) is 1. The zero-order valence-electron chi connectivity index (χ0n) is 15.9. The van der Waals surface area contributed by atoms with Gasteiger partial charge >= 0.3 is 0 Å². The van der Waals surface area contributed by atoms with E-state index in [1.165, 1.54) is 22.5 Å². The molecule has 0 radical (unpaired) electrons. The summed E-state index contributed by atoms with van der Waals surface area (Å²) in [5.41, 5.74) is 0.642. The van der Waals surface area contributed by atoms with E-state index in [1.54, 1.807) is 11.0 Å². The Morgan fingerprint density at radius 2 is 2.03 bits per heavy atom. The number of nitrogens with zero attached hydrogens (tertiary/aromatic N) is 3. The lowest BCUT2D eigenvalue weighted by Crippen LogP contribution is -2.39. The topological polar surface area (TPSA) is 103 Å².